The first-order chi connectivity index (χ1) is 8.03. The molecule has 1 fully saturated rings. The maximum atomic E-state index is 12.0. The summed E-state index contributed by atoms with van der Waals surface area (Å²) in [7, 11) is 0. The van der Waals surface area contributed by atoms with Crippen molar-refractivity contribution in [3.8, 4) is 0 Å². The fourth-order valence-corrected chi connectivity index (χ4v) is 2.20. The summed E-state index contributed by atoms with van der Waals surface area (Å²) in [4.78, 5) is 28.8. The minimum atomic E-state index is -1.11. The topological polar surface area (TPSA) is 85.5 Å². The lowest BCUT2D eigenvalue weighted by Gasteiger charge is -2.37. The van der Waals surface area contributed by atoms with Gasteiger partial charge < -0.3 is 15.4 Å². The smallest absolute Gasteiger partial charge is 0.273 e. The first kappa shape index (κ1) is 12.0. The molecule has 2 heterocycles. The molecule has 1 atom stereocenters. The minimum Gasteiger partial charge on any atom is -0.367 e. The summed E-state index contributed by atoms with van der Waals surface area (Å²) in [6, 6.07) is 0. The molecule has 0 aromatic carbocycles. The van der Waals surface area contributed by atoms with E-state index in [1.807, 2.05) is 0 Å². The van der Waals surface area contributed by atoms with Crippen molar-refractivity contribution >= 4 is 23.2 Å². The Morgan fingerprint density at radius 2 is 2.41 bits per heavy atom. The Labute approximate surface area is 102 Å². The molecule has 0 bridgehead atoms. The molecule has 1 aliphatic rings. The van der Waals surface area contributed by atoms with Crippen LogP contribution in [-0.2, 0) is 9.53 Å². The lowest BCUT2D eigenvalue weighted by atomic mass is 10.0. The molecule has 2 amide bonds. The summed E-state index contributed by atoms with van der Waals surface area (Å²) in [5, 5.41) is 1.68. The second kappa shape index (κ2) is 4.42. The average Bonchev–Trinajstić information content (AvgIpc) is 2.81. The van der Waals surface area contributed by atoms with Gasteiger partial charge in [0, 0.05) is 11.9 Å². The fraction of sp³-hybridized carbons (Fsp3) is 0.500. The number of hydrogen-bond acceptors (Lipinski definition) is 5. The van der Waals surface area contributed by atoms with E-state index in [0.717, 1.165) is 0 Å². The van der Waals surface area contributed by atoms with Crippen LogP contribution >= 0.6 is 11.3 Å². The molecule has 1 aliphatic heterocycles. The van der Waals surface area contributed by atoms with Crippen LogP contribution in [0.15, 0.2) is 10.9 Å². The van der Waals surface area contributed by atoms with Crippen molar-refractivity contribution in [3.63, 3.8) is 0 Å². The van der Waals surface area contributed by atoms with E-state index in [1.54, 1.807) is 22.7 Å². The minimum absolute atomic E-state index is 0.165. The number of thiazole rings is 1. The maximum absolute atomic E-state index is 12.0. The van der Waals surface area contributed by atoms with Gasteiger partial charge in [0.1, 0.15) is 5.69 Å². The summed E-state index contributed by atoms with van der Waals surface area (Å²) < 4.78 is 5.34. The summed E-state index contributed by atoms with van der Waals surface area (Å²) in [5.41, 5.74) is 6.15. The number of primary amides is 1. The van der Waals surface area contributed by atoms with E-state index < -0.39 is 11.5 Å². The molecule has 1 aromatic rings. The van der Waals surface area contributed by atoms with Gasteiger partial charge in [-0.25, -0.2) is 4.98 Å². The van der Waals surface area contributed by atoms with Gasteiger partial charge >= 0.3 is 0 Å². The predicted octanol–water partition coefficient (Wildman–Crippen LogP) is -0.141. The molecule has 0 spiro atoms. The number of nitrogens with zero attached hydrogens (tertiary/aromatic N) is 2. The van der Waals surface area contributed by atoms with E-state index in [1.165, 1.54) is 11.3 Å². The predicted molar refractivity (Wildman–Crippen MR) is 61.6 cm³/mol. The highest BCUT2D eigenvalue weighted by atomic mass is 32.1. The molecule has 0 saturated carbocycles. The lowest BCUT2D eigenvalue weighted by Crippen LogP contribution is -2.58. The molecule has 7 heteroatoms. The van der Waals surface area contributed by atoms with Gasteiger partial charge in [0.25, 0.3) is 11.8 Å². The summed E-state index contributed by atoms with van der Waals surface area (Å²) in [6.07, 6.45) is 0. The van der Waals surface area contributed by atoms with E-state index in [4.69, 9.17) is 10.5 Å². The van der Waals surface area contributed by atoms with Gasteiger partial charge in [0.2, 0.25) is 0 Å². The highest BCUT2D eigenvalue weighted by Gasteiger charge is 2.39. The Bertz CT molecular complexity index is 434. The van der Waals surface area contributed by atoms with Crippen LogP contribution in [0, 0.1) is 0 Å². The SMILES string of the molecule is CC1(C(N)=O)CN(C(=O)c2cscn2)CCO1. The number of hydrogen-bond donors (Lipinski definition) is 1. The van der Waals surface area contributed by atoms with Crippen molar-refractivity contribution in [1.82, 2.24) is 9.88 Å². The van der Waals surface area contributed by atoms with Crippen molar-refractivity contribution < 1.29 is 14.3 Å². The first-order valence-electron chi connectivity index (χ1n) is 5.14. The van der Waals surface area contributed by atoms with Crippen LogP contribution in [-0.4, -0.2) is 47.0 Å². The van der Waals surface area contributed by atoms with Crippen LogP contribution in [0.2, 0.25) is 0 Å². The lowest BCUT2D eigenvalue weighted by molar-refractivity contribution is -0.150. The van der Waals surface area contributed by atoms with E-state index >= 15 is 0 Å². The first-order valence-corrected chi connectivity index (χ1v) is 6.08. The molecule has 2 N–H and O–H groups in total. The number of carbonyl (C=O) groups is 2. The van der Waals surface area contributed by atoms with Crippen molar-refractivity contribution in [2.45, 2.75) is 12.5 Å². The van der Waals surface area contributed by atoms with Crippen molar-refractivity contribution in [1.29, 1.82) is 0 Å². The maximum Gasteiger partial charge on any atom is 0.273 e. The molecule has 2 rings (SSSR count). The zero-order chi connectivity index (χ0) is 12.5. The van der Waals surface area contributed by atoms with Gasteiger partial charge in [-0.1, -0.05) is 0 Å². The third-order valence-corrected chi connectivity index (χ3v) is 3.32. The van der Waals surface area contributed by atoms with Gasteiger partial charge in [0.15, 0.2) is 5.60 Å². The highest BCUT2D eigenvalue weighted by Crippen LogP contribution is 2.19. The molecule has 17 heavy (non-hydrogen) atoms. The van der Waals surface area contributed by atoms with Gasteiger partial charge in [-0.3, -0.25) is 9.59 Å². The molecule has 1 aromatic heterocycles. The Morgan fingerprint density at radius 1 is 1.65 bits per heavy atom. The van der Waals surface area contributed by atoms with Crippen molar-refractivity contribution in [2.24, 2.45) is 5.73 Å². The number of morpholine rings is 1. The quantitative estimate of drug-likeness (QED) is 0.797. The van der Waals surface area contributed by atoms with Crippen molar-refractivity contribution in [3.05, 3.63) is 16.6 Å². The third-order valence-electron chi connectivity index (χ3n) is 2.73. The number of amides is 2. The largest absolute Gasteiger partial charge is 0.367 e. The van der Waals surface area contributed by atoms with Gasteiger partial charge in [-0.05, 0) is 6.92 Å². The number of nitrogens with two attached hydrogens (primary N) is 1. The fourth-order valence-electron chi connectivity index (χ4n) is 1.67. The third kappa shape index (κ3) is 2.29. The Morgan fingerprint density at radius 3 is 3.00 bits per heavy atom. The standard InChI is InChI=1S/C10H13N3O3S/c1-10(9(11)15)5-13(2-3-16-10)8(14)7-4-17-6-12-7/h4,6H,2-3,5H2,1H3,(H2,11,15). The zero-order valence-electron chi connectivity index (χ0n) is 9.38. The molecule has 0 radical (unpaired) electrons. The molecular weight excluding hydrogens is 242 g/mol. The van der Waals surface area contributed by atoms with E-state index in [9.17, 15) is 9.59 Å². The summed E-state index contributed by atoms with van der Waals surface area (Å²) in [6.45, 7) is 2.50. The molecule has 6 nitrogen and oxygen atoms in total. The normalized spacial score (nSPS) is 24.6. The highest BCUT2D eigenvalue weighted by molar-refractivity contribution is 7.07. The number of aromatic nitrogens is 1. The Balaban J connectivity index is 2.13. The monoisotopic (exact) mass is 255 g/mol. The number of rotatable bonds is 2. The van der Waals surface area contributed by atoms with E-state index in [0.29, 0.717) is 18.8 Å². The van der Waals surface area contributed by atoms with Crippen LogP contribution in [0.25, 0.3) is 0 Å². The molecule has 1 saturated heterocycles. The summed E-state index contributed by atoms with van der Waals surface area (Å²) >= 11 is 1.36. The molecule has 0 aliphatic carbocycles. The zero-order valence-corrected chi connectivity index (χ0v) is 10.2. The van der Waals surface area contributed by atoms with Gasteiger partial charge in [-0.2, -0.15) is 0 Å². The van der Waals surface area contributed by atoms with Crippen LogP contribution in [0.4, 0.5) is 0 Å². The van der Waals surface area contributed by atoms with Gasteiger partial charge in [0.05, 0.1) is 18.7 Å². The van der Waals surface area contributed by atoms with Crippen LogP contribution in [0.5, 0.6) is 0 Å². The van der Waals surface area contributed by atoms with E-state index in [2.05, 4.69) is 4.98 Å². The van der Waals surface area contributed by atoms with Gasteiger partial charge in [-0.15, -0.1) is 11.3 Å². The summed E-state index contributed by atoms with van der Waals surface area (Å²) in [5.74, 6) is -0.754. The van der Waals surface area contributed by atoms with Crippen molar-refractivity contribution in [2.75, 3.05) is 19.7 Å². The molecule has 92 valence electrons. The molecule has 1 unspecified atom stereocenters. The molecular formula is C10H13N3O3S. The van der Waals surface area contributed by atoms with E-state index in [-0.39, 0.29) is 12.5 Å². The second-order valence-electron chi connectivity index (χ2n) is 4.04. The van der Waals surface area contributed by atoms with Crippen LogP contribution < -0.4 is 5.73 Å². The Kier molecular flexibility index (Phi) is 3.12. The number of carbonyl (C=O) groups excluding carboxylic acids is 2. The second-order valence-corrected chi connectivity index (χ2v) is 4.76. The van der Waals surface area contributed by atoms with Crippen LogP contribution in [0.3, 0.4) is 0 Å². The van der Waals surface area contributed by atoms with Crippen LogP contribution in [0.1, 0.15) is 17.4 Å². The number of ether oxygens (including phenoxy) is 1. The average molecular weight is 255 g/mol. The Hall–Kier alpha value is -1.47.